The fourth-order valence-electron chi connectivity index (χ4n) is 4.99. The predicted octanol–water partition coefficient (Wildman–Crippen LogP) is 7.33. The number of aryl methyl sites for hydroxylation is 1. The zero-order valence-electron chi connectivity index (χ0n) is 21.6. The molecule has 0 radical (unpaired) electrons. The lowest BCUT2D eigenvalue weighted by atomic mass is 9.91. The lowest BCUT2D eigenvalue weighted by Gasteiger charge is -2.32. The third kappa shape index (κ3) is 5.41. The van der Waals surface area contributed by atoms with Gasteiger partial charge in [0, 0.05) is 42.7 Å². The summed E-state index contributed by atoms with van der Waals surface area (Å²) in [5.41, 5.74) is 5.80. The van der Waals surface area contributed by atoms with Gasteiger partial charge in [0.1, 0.15) is 11.6 Å². The standard InChI is InChI=1S/C30H27ClFN5OS/c1-19-14-37(18-33-19)22-9-11-26(27(13-22)38-2)34-30-35-29-23(21-8-10-24(31)25(32)12-21)16-36(17-28(29)39-30)15-20-6-4-3-5-7-20/h3-14,18,23H,15-17H2,1-2H3,(H,34,35). The second kappa shape index (κ2) is 10.8. The van der Waals surface area contributed by atoms with Crippen molar-refractivity contribution in [3.63, 3.8) is 0 Å². The van der Waals surface area contributed by atoms with Gasteiger partial charge >= 0.3 is 0 Å². The Morgan fingerprint density at radius 3 is 2.72 bits per heavy atom. The molecule has 39 heavy (non-hydrogen) atoms. The van der Waals surface area contributed by atoms with E-state index in [1.165, 1.54) is 11.6 Å². The van der Waals surface area contributed by atoms with Crippen LogP contribution in [0.4, 0.5) is 15.2 Å². The Balaban J connectivity index is 1.32. The highest BCUT2D eigenvalue weighted by molar-refractivity contribution is 7.15. The molecule has 6 nitrogen and oxygen atoms in total. The highest BCUT2D eigenvalue weighted by Gasteiger charge is 2.31. The third-order valence-electron chi connectivity index (χ3n) is 6.90. The Kier molecular flexibility index (Phi) is 7.08. The first kappa shape index (κ1) is 25.6. The number of aromatic nitrogens is 3. The average Bonchev–Trinajstić information content (AvgIpc) is 3.56. The summed E-state index contributed by atoms with van der Waals surface area (Å²) in [7, 11) is 1.66. The van der Waals surface area contributed by atoms with Gasteiger partial charge in [-0.1, -0.05) is 48.0 Å². The number of hydrogen-bond acceptors (Lipinski definition) is 6. The van der Waals surface area contributed by atoms with Gasteiger partial charge in [0.05, 0.1) is 41.2 Å². The van der Waals surface area contributed by atoms with Crippen molar-refractivity contribution in [1.82, 2.24) is 19.4 Å². The molecule has 3 aromatic carbocycles. The van der Waals surface area contributed by atoms with Crippen LogP contribution in [0.3, 0.4) is 0 Å². The first-order valence-electron chi connectivity index (χ1n) is 12.6. The number of anilines is 2. The molecular weight excluding hydrogens is 533 g/mol. The van der Waals surface area contributed by atoms with Gasteiger partial charge in [-0.3, -0.25) is 4.90 Å². The number of thiazole rings is 1. The molecule has 1 N–H and O–H groups in total. The molecule has 1 aliphatic rings. The number of hydrogen-bond donors (Lipinski definition) is 1. The molecule has 6 rings (SSSR count). The van der Waals surface area contributed by atoms with Crippen LogP contribution in [-0.4, -0.2) is 33.1 Å². The summed E-state index contributed by atoms with van der Waals surface area (Å²) < 4.78 is 22.2. The Bertz CT molecular complexity index is 1620. The van der Waals surface area contributed by atoms with E-state index in [4.69, 9.17) is 21.3 Å². The van der Waals surface area contributed by atoms with Crippen LogP contribution >= 0.6 is 22.9 Å². The summed E-state index contributed by atoms with van der Waals surface area (Å²) in [6.07, 6.45) is 3.75. The molecule has 198 valence electrons. The molecule has 1 aliphatic heterocycles. The maximum absolute atomic E-state index is 14.5. The molecule has 3 heterocycles. The Morgan fingerprint density at radius 1 is 1.13 bits per heavy atom. The van der Waals surface area contributed by atoms with Gasteiger partial charge < -0.3 is 14.6 Å². The van der Waals surface area contributed by atoms with Crippen molar-refractivity contribution in [3.05, 3.63) is 117 Å². The van der Waals surface area contributed by atoms with E-state index in [0.717, 1.165) is 58.0 Å². The van der Waals surface area contributed by atoms with E-state index in [2.05, 4.69) is 39.5 Å². The van der Waals surface area contributed by atoms with Crippen LogP contribution in [0.15, 0.2) is 79.3 Å². The van der Waals surface area contributed by atoms with E-state index in [1.807, 2.05) is 48.0 Å². The van der Waals surface area contributed by atoms with Crippen LogP contribution in [0.25, 0.3) is 5.69 Å². The summed E-state index contributed by atoms with van der Waals surface area (Å²) in [6, 6.07) is 21.4. The Morgan fingerprint density at radius 2 is 1.97 bits per heavy atom. The summed E-state index contributed by atoms with van der Waals surface area (Å²) >= 11 is 7.62. The van der Waals surface area contributed by atoms with Gasteiger partial charge in [0.2, 0.25) is 0 Å². The van der Waals surface area contributed by atoms with E-state index in [-0.39, 0.29) is 10.9 Å². The lowest BCUT2D eigenvalue weighted by Crippen LogP contribution is -2.33. The van der Waals surface area contributed by atoms with Crippen LogP contribution in [0.1, 0.15) is 33.3 Å². The van der Waals surface area contributed by atoms with Crippen molar-refractivity contribution in [2.45, 2.75) is 25.9 Å². The quantitative estimate of drug-likeness (QED) is 0.226. The van der Waals surface area contributed by atoms with E-state index in [1.54, 1.807) is 30.8 Å². The monoisotopic (exact) mass is 559 g/mol. The second-order valence-corrected chi connectivity index (χ2v) is 11.1. The number of fused-ring (bicyclic) bond motifs is 1. The van der Waals surface area contributed by atoms with Gasteiger partial charge in [-0.05, 0) is 42.3 Å². The van der Waals surface area contributed by atoms with Gasteiger partial charge in [-0.15, -0.1) is 11.3 Å². The smallest absolute Gasteiger partial charge is 0.187 e. The molecule has 1 atom stereocenters. The van der Waals surface area contributed by atoms with E-state index >= 15 is 0 Å². The molecular formula is C30H27ClFN5OS. The number of methoxy groups -OCH3 is 1. The van der Waals surface area contributed by atoms with Crippen molar-refractivity contribution < 1.29 is 9.13 Å². The normalized spacial score (nSPS) is 15.2. The number of nitrogens with zero attached hydrogens (tertiary/aromatic N) is 4. The van der Waals surface area contributed by atoms with Gasteiger partial charge in [0.25, 0.3) is 0 Å². The van der Waals surface area contributed by atoms with Crippen LogP contribution in [0, 0.1) is 12.7 Å². The fourth-order valence-corrected chi connectivity index (χ4v) is 6.19. The molecule has 0 aliphatic carbocycles. The first-order chi connectivity index (χ1) is 19.0. The molecule has 9 heteroatoms. The second-order valence-electron chi connectivity index (χ2n) is 9.64. The minimum Gasteiger partial charge on any atom is -0.494 e. The third-order valence-corrected chi connectivity index (χ3v) is 8.18. The average molecular weight is 560 g/mol. The molecule has 0 saturated heterocycles. The minimum absolute atomic E-state index is 0.0789. The Labute approximate surface area is 235 Å². The van der Waals surface area contributed by atoms with Crippen LogP contribution in [-0.2, 0) is 13.1 Å². The summed E-state index contributed by atoms with van der Waals surface area (Å²) in [5, 5.41) is 4.36. The van der Waals surface area contributed by atoms with Crippen LogP contribution in [0.2, 0.25) is 5.02 Å². The number of halogens is 2. The van der Waals surface area contributed by atoms with Crippen LogP contribution < -0.4 is 10.1 Å². The predicted molar refractivity (Wildman–Crippen MR) is 154 cm³/mol. The van der Waals surface area contributed by atoms with Crippen molar-refractivity contribution in [3.8, 4) is 11.4 Å². The van der Waals surface area contributed by atoms with Crippen molar-refractivity contribution in [1.29, 1.82) is 0 Å². The topological polar surface area (TPSA) is 55.2 Å². The molecule has 0 fully saturated rings. The lowest BCUT2D eigenvalue weighted by molar-refractivity contribution is 0.233. The minimum atomic E-state index is -0.414. The molecule has 0 spiro atoms. The fraction of sp³-hybridized carbons (Fsp3) is 0.200. The van der Waals surface area contributed by atoms with E-state index in [9.17, 15) is 4.39 Å². The molecule has 0 saturated carbocycles. The highest BCUT2D eigenvalue weighted by Crippen LogP contribution is 2.41. The largest absolute Gasteiger partial charge is 0.494 e. The molecule has 5 aromatic rings. The zero-order valence-corrected chi connectivity index (χ0v) is 23.1. The van der Waals surface area contributed by atoms with Crippen molar-refractivity contribution in [2.75, 3.05) is 19.0 Å². The Hall–Kier alpha value is -3.72. The summed E-state index contributed by atoms with van der Waals surface area (Å²) in [5.74, 6) is 0.209. The van der Waals surface area contributed by atoms with Gasteiger partial charge in [-0.25, -0.2) is 14.4 Å². The zero-order chi connectivity index (χ0) is 26.9. The summed E-state index contributed by atoms with van der Waals surface area (Å²) in [6.45, 7) is 4.26. The molecule has 2 aromatic heterocycles. The van der Waals surface area contributed by atoms with Gasteiger partial charge in [-0.2, -0.15) is 0 Å². The van der Waals surface area contributed by atoms with Crippen LogP contribution in [0.5, 0.6) is 5.75 Å². The number of benzene rings is 3. The molecule has 0 amide bonds. The SMILES string of the molecule is COc1cc(-n2cnc(C)c2)ccc1Nc1nc2c(s1)CN(Cc1ccccc1)CC2c1ccc(Cl)c(F)c1. The van der Waals surface area contributed by atoms with Crippen molar-refractivity contribution in [2.24, 2.45) is 0 Å². The number of imidazole rings is 1. The van der Waals surface area contributed by atoms with Gasteiger partial charge in [0.15, 0.2) is 5.13 Å². The highest BCUT2D eigenvalue weighted by atomic mass is 35.5. The maximum Gasteiger partial charge on any atom is 0.187 e. The molecule has 1 unspecified atom stereocenters. The summed E-state index contributed by atoms with van der Waals surface area (Å²) in [4.78, 5) is 12.9. The number of rotatable bonds is 7. The van der Waals surface area contributed by atoms with Crippen molar-refractivity contribution >= 4 is 33.8 Å². The van der Waals surface area contributed by atoms with E-state index < -0.39 is 5.82 Å². The van der Waals surface area contributed by atoms with E-state index in [0.29, 0.717) is 5.75 Å². The number of nitrogens with one attached hydrogen (secondary N) is 1. The first-order valence-corrected chi connectivity index (χ1v) is 13.8. The maximum atomic E-state index is 14.5. The number of ether oxygens (including phenoxy) is 1. The molecule has 0 bridgehead atoms.